The molecule has 0 radical (unpaired) electrons. The van der Waals surface area contributed by atoms with Crippen LogP contribution in [0.4, 0.5) is 5.69 Å². The van der Waals surface area contributed by atoms with Crippen molar-refractivity contribution < 1.29 is 4.79 Å². The van der Waals surface area contributed by atoms with Crippen LogP contribution in [0.3, 0.4) is 0 Å². The summed E-state index contributed by atoms with van der Waals surface area (Å²) < 4.78 is 0. The molecule has 1 aromatic carbocycles. The summed E-state index contributed by atoms with van der Waals surface area (Å²) in [4.78, 5) is 11.0. The van der Waals surface area contributed by atoms with Crippen LogP contribution < -0.4 is 11.1 Å². The van der Waals surface area contributed by atoms with Crippen LogP contribution in [-0.2, 0) is 11.2 Å². The van der Waals surface area contributed by atoms with Crippen molar-refractivity contribution in [2.24, 2.45) is 5.73 Å². The van der Waals surface area contributed by atoms with Gasteiger partial charge in [0.25, 0.3) is 0 Å². The molecule has 4 heteroatoms. The molecule has 0 aliphatic carbocycles. The molecule has 1 heterocycles. The number of thioether (sulfide) groups is 1. The summed E-state index contributed by atoms with van der Waals surface area (Å²) in [6.45, 7) is 2.24. The monoisotopic (exact) mass is 250 g/mol. The van der Waals surface area contributed by atoms with Gasteiger partial charge < -0.3 is 11.1 Å². The number of hydrogen-bond acceptors (Lipinski definition) is 3. The number of rotatable bonds is 4. The van der Waals surface area contributed by atoms with E-state index in [0.29, 0.717) is 17.7 Å². The highest BCUT2D eigenvalue weighted by atomic mass is 32.2. The van der Waals surface area contributed by atoms with E-state index in [2.05, 4.69) is 12.2 Å². The SMILES string of the molecule is CC1SCCC1Nc1ccccc1CC(N)=O. The van der Waals surface area contributed by atoms with Crippen LogP contribution in [0.25, 0.3) is 0 Å². The van der Waals surface area contributed by atoms with E-state index in [1.54, 1.807) is 0 Å². The van der Waals surface area contributed by atoms with Gasteiger partial charge in [0.05, 0.1) is 6.42 Å². The Morgan fingerprint density at radius 2 is 2.29 bits per heavy atom. The van der Waals surface area contributed by atoms with Gasteiger partial charge in [-0.05, 0) is 23.8 Å². The van der Waals surface area contributed by atoms with Gasteiger partial charge in [-0.25, -0.2) is 0 Å². The summed E-state index contributed by atoms with van der Waals surface area (Å²) in [6, 6.07) is 8.40. The third-order valence-electron chi connectivity index (χ3n) is 3.10. The van der Waals surface area contributed by atoms with Crippen molar-refractivity contribution >= 4 is 23.4 Å². The molecule has 1 fully saturated rings. The van der Waals surface area contributed by atoms with Gasteiger partial charge in [0.15, 0.2) is 0 Å². The van der Waals surface area contributed by atoms with Crippen LogP contribution in [0.5, 0.6) is 0 Å². The van der Waals surface area contributed by atoms with E-state index in [9.17, 15) is 4.79 Å². The van der Waals surface area contributed by atoms with Gasteiger partial charge in [0, 0.05) is 17.0 Å². The zero-order valence-corrected chi connectivity index (χ0v) is 10.8. The third kappa shape index (κ3) is 3.16. The molecule has 0 aromatic heterocycles. The molecule has 1 aliphatic rings. The van der Waals surface area contributed by atoms with E-state index in [-0.39, 0.29) is 5.91 Å². The normalized spacial score (nSPS) is 23.6. The lowest BCUT2D eigenvalue weighted by Gasteiger charge is -2.20. The third-order valence-corrected chi connectivity index (χ3v) is 4.42. The molecule has 17 heavy (non-hydrogen) atoms. The first-order chi connectivity index (χ1) is 8.16. The van der Waals surface area contributed by atoms with Crippen LogP contribution in [0.15, 0.2) is 24.3 Å². The fourth-order valence-electron chi connectivity index (χ4n) is 2.12. The minimum atomic E-state index is -0.284. The molecule has 0 saturated carbocycles. The summed E-state index contributed by atoms with van der Waals surface area (Å²) in [5.74, 6) is 0.921. The van der Waals surface area contributed by atoms with E-state index in [0.717, 1.165) is 11.3 Å². The number of amides is 1. The second-order valence-electron chi connectivity index (χ2n) is 4.42. The quantitative estimate of drug-likeness (QED) is 0.859. The van der Waals surface area contributed by atoms with E-state index in [1.165, 1.54) is 12.2 Å². The number of primary amides is 1. The maximum Gasteiger partial charge on any atom is 0.221 e. The average molecular weight is 250 g/mol. The van der Waals surface area contributed by atoms with E-state index in [1.807, 2.05) is 36.0 Å². The van der Waals surface area contributed by atoms with Crippen molar-refractivity contribution in [2.45, 2.75) is 31.1 Å². The van der Waals surface area contributed by atoms with E-state index < -0.39 is 0 Å². The summed E-state index contributed by atoms with van der Waals surface area (Å²) in [5.41, 5.74) is 7.29. The molecular formula is C13H18N2OS. The molecule has 1 aromatic rings. The Balaban J connectivity index is 2.11. The lowest BCUT2D eigenvalue weighted by Crippen LogP contribution is -2.26. The zero-order valence-electron chi connectivity index (χ0n) is 9.98. The topological polar surface area (TPSA) is 55.1 Å². The predicted octanol–water partition coefficient (Wildman–Crippen LogP) is 2.02. The molecule has 0 bridgehead atoms. The number of para-hydroxylation sites is 1. The molecule has 2 unspecified atom stereocenters. The van der Waals surface area contributed by atoms with Gasteiger partial charge in [-0.2, -0.15) is 11.8 Å². The molecule has 3 nitrogen and oxygen atoms in total. The van der Waals surface area contributed by atoms with Crippen molar-refractivity contribution in [2.75, 3.05) is 11.1 Å². The molecule has 92 valence electrons. The number of carbonyl (C=O) groups is 1. The van der Waals surface area contributed by atoms with Crippen LogP contribution >= 0.6 is 11.8 Å². The highest BCUT2D eigenvalue weighted by Gasteiger charge is 2.24. The first kappa shape index (κ1) is 12.3. The summed E-state index contributed by atoms with van der Waals surface area (Å²) >= 11 is 1.99. The Kier molecular flexibility index (Phi) is 3.94. The van der Waals surface area contributed by atoms with Crippen LogP contribution in [-0.4, -0.2) is 23.0 Å². The Morgan fingerprint density at radius 3 is 2.94 bits per heavy atom. The van der Waals surface area contributed by atoms with Crippen LogP contribution in [0, 0.1) is 0 Å². The van der Waals surface area contributed by atoms with E-state index in [4.69, 9.17) is 5.73 Å². The standard InChI is InChI=1S/C13H18N2OS/c1-9-11(6-7-17-9)15-12-5-3-2-4-10(12)8-13(14)16/h2-5,9,11,15H,6-8H2,1H3,(H2,14,16). The van der Waals surface area contributed by atoms with Gasteiger partial charge in [-0.3, -0.25) is 4.79 Å². The number of anilines is 1. The van der Waals surface area contributed by atoms with Crippen molar-refractivity contribution in [3.63, 3.8) is 0 Å². The molecule has 1 saturated heterocycles. The van der Waals surface area contributed by atoms with Gasteiger partial charge in [0.2, 0.25) is 5.91 Å². The van der Waals surface area contributed by atoms with E-state index >= 15 is 0 Å². The maximum atomic E-state index is 11.0. The predicted molar refractivity (Wildman–Crippen MR) is 73.3 cm³/mol. The highest BCUT2D eigenvalue weighted by molar-refractivity contribution is 8.00. The van der Waals surface area contributed by atoms with Crippen LogP contribution in [0.2, 0.25) is 0 Å². The molecule has 1 aliphatic heterocycles. The second kappa shape index (κ2) is 5.45. The average Bonchev–Trinajstić information content (AvgIpc) is 2.67. The Bertz CT molecular complexity index is 408. The Labute approximate surface area is 106 Å². The van der Waals surface area contributed by atoms with Gasteiger partial charge in [-0.1, -0.05) is 25.1 Å². The van der Waals surface area contributed by atoms with Crippen molar-refractivity contribution in [1.29, 1.82) is 0 Å². The van der Waals surface area contributed by atoms with Crippen molar-refractivity contribution in [1.82, 2.24) is 0 Å². The van der Waals surface area contributed by atoms with Crippen molar-refractivity contribution in [3.05, 3.63) is 29.8 Å². The second-order valence-corrected chi connectivity index (χ2v) is 5.90. The number of nitrogens with two attached hydrogens (primary N) is 1. The lowest BCUT2D eigenvalue weighted by atomic mass is 10.1. The lowest BCUT2D eigenvalue weighted by molar-refractivity contribution is -0.117. The number of carbonyl (C=O) groups excluding carboxylic acids is 1. The van der Waals surface area contributed by atoms with Gasteiger partial charge >= 0.3 is 0 Å². The first-order valence-corrected chi connectivity index (χ1v) is 6.96. The number of hydrogen-bond donors (Lipinski definition) is 2. The summed E-state index contributed by atoms with van der Waals surface area (Å²) in [7, 11) is 0. The number of benzene rings is 1. The molecular weight excluding hydrogens is 232 g/mol. The van der Waals surface area contributed by atoms with Gasteiger partial charge in [0.1, 0.15) is 0 Å². The summed E-state index contributed by atoms with van der Waals surface area (Å²) in [6.07, 6.45) is 1.48. The maximum absolute atomic E-state index is 11.0. The minimum absolute atomic E-state index is 0.284. The van der Waals surface area contributed by atoms with Gasteiger partial charge in [-0.15, -0.1) is 0 Å². The zero-order chi connectivity index (χ0) is 12.3. The fraction of sp³-hybridized carbons (Fsp3) is 0.462. The molecule has 2 atom stereocenters. The highest BCUT2D eigenvalue weighted by Crippen LogP contribution is 2.29. The first-order valence-electron chi connectivity index (χ1n) is 5.91. The fourth-order valence-corrected chi connectivity index (χ4v) is 3.32. The van der Waals surface area contributed by atoms with Crippen molar-refractivity contribution in [3.8, 4) is 0 Å². The number of nitrogens with one attached hydrogen (secondary N) is 1. The molecule has 2 rings (SSSR count). The molecule has 0 spiro atoms. The Morgan fingerprint density at radius 1 is 1.53 bits per heavy atom. The Hall–Kier alpha value is -1.16. The molecule has 1 amide bonds. The summed E-state index contributed by atoms with van der Waals surface area (Å²) in [5, 5.41) is 4.16. The largest absolute Gasteiger partial charge is 0.381 e. The van der Waals surface area contributed by atoms with Crippen LogP contribution in [0.1, 0.15) is 18.9 Å². The smallest absolute Gasteiger partial charge is 0.221 e. The minimum Gasteiger partial charge on any atom is -0.381 e. The molecule has 3 N–H and O–H groups in total.